The molecule has 6 aliphatic rings. The highest BCUT2D eigenvalue weighted by atomic mass is 16.2. The number of carbonyl (C=O) groups is 2. The Kier molecular flexibility index (Phi) is 4.66. The van der Waals surface area contributed by atoms with E-state index in [0.717, 1.165) is 43.4 Å². The highest BCUT2D eigenvalue weighted by Crippen LogP contribution is 2.60. The van der Waals surface area contributed by atoms with Gasteiger partial charge >= 0.3 is 0 Å². The van der Waals surface area contributed by atoms with E-state index in [2.05, 4.69) is 22.1 Å². The van der Waals surface area contributed by atoms with Crippen LogP contribution in [0.2, 0.25) is 0 Å². The van der Waals surface area contributed by atoms with Gasteiger partial charge in [0, 0.05) is 55.5 Å². The predicted octanol–water partition coefficient (Wildman–Crippen LogP) is 2.87. The SMILES string of the molecule is [2H]C1([2H])N(CC#Cc2cccc3nc(C)n(C4CCC(=O)NC4=O)c(=O)c23)C([2H])([2H])C([2H])([2H])N(CC23CC4CC(CC(C4)C2)C3)C1([2H])[2H]. The maximum absolute atomic E-state index is 13.8. The third-order valence-electron chi connectivity index (χ3n) is 9.39. The van der Waals surface area contributed by atoms with Gasteiger partial charge in [0.15, 0.2) is 0 Å². The van der Waals surface area contributed by atoms with Crippen LogP contribution in [0.5, 0.6) is 0 Å². The van der Waals surface area contributed by atoms with Crippen LogP contribution in [-0.4, -0.2) is 70.2 Å². The molecule has 8 heteroatoms. The fraction of sp³-hybridized carbons (Fsp3) is 0.625. The minimum atomic E-state index is -2.98. The smallest absolute Gasteiger partial charge is 0.263 e. The fourth-order valence-corrected chi connectivity index (χ4v) is 8.24. The van der Waals surface area contributed by atoms with Gasteiger partial charge < -0.3 is 4.90 Å². The molecule has 3 heterocycles. The zero-order chi connectivity index (χ0) is 34.6. The van der Waals surface area contributed by atoms with Gasteiger partial charge in [0.05, 0.1) is 17.4 Å². The first-order valence-corrected chi connectivity index (χ1v) is 14.3. The van der Waals surface area contributed by atoms with Gasteiger partial charge in [-0.1, -0.05) is 17.9 Å². The molecule has 2 saturated heterocycles. The van der Waals surface area contributed by atoms with Crippen LogP contribution >= 0.6 is 0 Å². The molecule has 8 nitrogen and oxygen atoms in total. The van der Waals surface area contributed by atoms with Gasteiger partial charge in [-0.25, -0.2) is 4.98 Å². The summed E-state index contributed by atoms with van der Waals surface area (Å²) in [6.45, 7) is -10.9. The van der Waals surface area contributed by atoms with Crippen molar-refractivity contribution >= 4 is 22.7 Å². The summed E-state index contributed by atoms with van der Waals surface area (Å²) in [4.78, 5) is 43.9. The summed E-state index contributed by atoms with van der Waals surface area (Å²) in [6, 6.07) is 3.81. The number of aryl methyl sites for hydroxylation is 1. The number of amides is 2. The first-order valence-electron chi connectivity index (χ1n) is 18.3. The van der Waals surface area contributed by atoms with Crippen LogP contribution in [0.15, 0.2) is 23.0 Å². The van der Waals surface area contributed by atoms with Crippen molar-refractivity contribution in [1.29, 1.82) is 0 Å². The zero-order valence-corrected chi connectivity index (χ0v) is 22.6. The van der Waals surface area contributed by atoms with Gasteiger partial charge in [-0.3, -0.25) is 29.2 Å². The van der Waals surface area contributed by atoms with Gasteiger partial charge in [0.2, 0.25) is 11.8 Å². The van der Waals surface area contributed by atoms with Crippen molar-refractivity contribution in [3.63, 3.8) is 0 Å². The van der Waals surface area contributed by atoms with Crippen LogP contribution < -0.4 is 10.9 Å². The standard InChI is InChI=1S/C32H39N5O3/c1-21-33-26-6-2-4-25(29(26)31(40)37(21)27-7-8-28(38)34-30(27)39)5-3-9-35-10-12-36(13-11-35)20-32-17-22-14-23(18-32)16-24(15-22)19-32/h2,4,6,22-24,27H,7-20H2,1H3,(H,34,38,39)/i10D2,11D2,12D2,13D2. The number of nitrogens with zero attached hydrogens (tertiary/aromatic N) is 4. The summed E-state index contributed by atoms with van der Waals surface area (Å²) < 4.78 is 72.8. The van der Waals surface area contributed by atoms with Crippen molar-refractivity contribution < 1.29 is 20.6 Å². The van der Waals surface area contributed by atoms with Crippen molar-refractivity contribution in [2.45, 2.75) is 64.3 Å². The van der Waals surface area contributed by atoms with E-state index in [-0.39, 0.29) is 41.6 Å². The summed E-state index contributed by atoms with van der Waals surface area (Å²) in [5, 5.41) is 2.33. The lowest BCUT2D eigenvalue weighted by molar-refractivity contribution is -0.135. The number of piperazine rings is 1. The fourth-order valence-electron chi connectivity index (χ4n) is 8.24. The van der Waals surface area contributed by atoms with Crippen molar-refractivity contribution in [2.24, 2.45) is 23.2 Å². The third-order valence-corrected chi connectivity index (χ3v) is 9.39. The summed E-state index contributed by atoms with van der Waals surface area (Å²) in [5.41, 5.74) is -0.456. The molecule has 40 heavy (non-hydrogen) atoms. The van der Waals surface area contributed by atoms with E-state index < -0.39 is 55.9 Å². The van der Waals surface area contributed by atoms with Gasteiger partial charge in [0.1, 0.15) is 11.9 Å². The molecule has 8 rings (SSSR count). The molecule has 2 amide bonds. The summed E-state index contributed by atoms with van der Waals surface area (Å²) in [7, 11) is 0. The molecule has 1 aromatic carbocycles. The molecule has 1 atom stereocenters. The van der Waals surface area contributed by atoms with Gasteiger partial charge in [0.25, 0.3) is 5.56 Å². The Morgan fingerprint density at radius 3 is 2.38 bits per heavy atom. The van der Waals surface area contributed by atoms with Crippen LogP contribution in [0.3, 0.4) is 0 Å². The van der Waals surface area contributed by atoms with Gasteiger partial charge in [-0.15, -0.1) is 0 Å². The Morgan fingerprint density at radius 2 is 1.70 bits per heavy atom. The van der Waals surface area contributed by atoms with E-state index in [0.29, 0.717) is 28.2 Å². The largest absolute Gasteiger partial charge is 0.300 e. The molecule has 1 N–H and O–H groups in total. The maximum Gasteiger partial charge on any atom is 0.263 e. The molecule has 4 aliphatic carbocycles. The van der Waals surface area contributed by atoms with E-state index in [1.54, 1.807) is 19.1 Å². The Morgan fingerprint density at radius 1 is 1.02 bits per heavy atom. The minimum absolute atomic E-state index is 0.0581. The Labute approximate surface area is 246 Å². The average Bonchev–Trinajstić information content (AvgIpc) is 2.97. The van der Waals surface area contributed by atoms with E-state index >= 15 is 0 Å². The predicted molar refractivity (Wildman–Crippen MR) is 153 cm³/mol. The molecule has 1 aromatic heterocycles. The highest BCUT2D eigenvalue weighted by Gasteiger charge is 2.51. The van der Waals surface area contributed by atoms with Gasteiger partial charge in [-0.2, -0.15) is 0 Å². The number of nitrogens with one attached hydrogen (secondary N) is 1. The molecule has 2 aliphatic heterocycles. The number of benzene rings is 1. The third kappa shape index (κ3) is 4.77. The second-order valence-electron chi connectivity index (χ2n) is 12.3. The number of carbonyl (C=O) groups excluding carboxylic acids is 2. The molecule has 4 saturated carbocycles. The highest BCUT2D eigenvalue weighted by molar-refractivity contribution is 5.99. The second-order valence-corrected chi connectivity index (χ2v) is 12.3. The molecule has 1 unspecified atom stereocenters. The maximum atomic E-state index is 13.8. The lowest BCUT2D eigenvalue weighted by Gasteiger charge is -2.58. The normalized spacial score (nSPS) is 40.2. The Balaban J connectivity index is 1.21. The quantitative estimate of drug-likeness (QED) is 0.466. The van der Waals surface area contributed by atoms with E-state index in [9.17, 15) is 14.4 Å². The summed E-state index contributed by atoms with van der Waals surface area (Å²) in [5.74, 6) is 6.21. The van der Waals surface area contributed by atoms with Crippen molar-refractivity contribution in [3.8, 4) is 11.8 Å². The summed E-state index contributed by atoms with van der Waals surface area (Å²) >= 11 is 0. The van der Waals surface area contributed by atoms with Crippen LogP contribution in [0, 0.1) is 41.9 Å². The second kappa shape index (κ2) is 10.1. The zero-order valence-electron chi connectivity index (χ0n) is 30.6. The number of imide groups is 1. The Hall–Kier alpha value is -3.02. The lowest BCUT2D eigenvalue weighted by atomic mass is 9.49. The minimum Gasteiger partial charge on any atom is -0.300 e. The Bertz CT molecular complexity index is 1770. The van der Waals surface area contributed by atoms with E-state index in [1.165, 1.54) is 10.6 Å². The molecular weight excluding hydrogens is 502 g/mol. The van der Waals surface area contributed by atoms with Crippen LogP contribution in [-0.2, 0) is 9.59 Å². The average molecular weight is 550 g/mol. The number of piperidine rings is 1. The monoisotopic (exact) mass is 549 g/mol. The number of fused-ring (bicyclic) bond motifs is 1. The lowest BCUT2D eigenvalue weighted by Crippen LogP contribution is -2.54. The molecule has 6 fully saturated rings. The van der Waals surface area contributed by atoms with E-state index in [4.69, 9.17) is 11.0 Å². The number of hydrogen-bond donors (Lipinski definition) is 1. The topological polar surface area (TPSA) is 87.5 Å². The summed E-state index contributed by atoms with van der Waals surface area (Å²) in [6.07, 6.45) is 6.05. The number of hydrogen-bond acceptors (Lipinski definition) is 6. The van der Waals surface area contributed by atoms with Crippen LogP contribution in [0.4, 0.5) is 0 Å². The van der Waals surface area contributed by atoms with Crippen LogP contribution in [0.1, 0.15) is 79.8 Å². The molecule has 210 valence electrons. The molecule has 0 radical (unpaired) electrons. The van der Waals surface area contributed by atoms with Crippen molar-refractivity contribution in [3.05, 3.63) is 39.9 Å². The molecule has 0 spiro atoms. The number of rotatable bonds is 4. The first-order chi connectivity index (χ1) is 22.4. The number of aromatic nitrogens is 2. The van der Waals surface area contributed by atoms with Crippen molar-refractivity contribution in [1.82, 2.24) is 24.7 Å². The van der Waals surface area contributed by atoms with Crippen molar-refractivity contribution in [2.75, 3.05) is 39.1 Å². The van der Waals surface area contributed by atoms with E-state index in [1.807, 2.05) is 0 Å². The molecular formula is C32H39N5O3. The first kappa shape index (κ1) is 18.4. The van der Waals surface area contributed by atoms with Gasteiger partial charge in [-0.05, 0) is 87.2 Å². The molecule has 4 bridgehead atoms. The van der Waals surface area contributed by atoms with Crippen LogP contribution in [0.25, 0.3) is 10.9 Å². The molecule has 2 aromatic rings.